The number of rotatable bonds is 5. The SMILES string of the molecule is CN(CCC(=O)O)Cc1nc2cc3c(cc2[nH]1)CCCC3. The van der Waals surface area contributed by atoms with Gasteiger partial charge in [0.1, 0.15) is 5.82 Å². The summed E-state index contributed by atoms with van der Waals surface area (Å²) < 4.78 is 0. The molecule has 3 rings (SSSR count). The van der Waals surface area contributed by atoms with Gasteiger partial charge in [-0.1, -0.05) is 0 Å². The Morgan fingerprint density at radius 3 is 2.76 bits per heavy atom. The van der Waals surface area contributed by atoms with E-state index in [-0.39, 0.29) is 6.42 Å². The van der Waals surface area contributed by atoms with E-state index in [2.05, 4.69) is 22.1 Å². The summed E-state index contributed by atoms with van der Waals surface area (Å²) in [7, 11) is 1.92. The average molecular weight is 287 g/mol. The van der Waals surface area contributed by atoms with Crippen molar-refractivity contribution in [1.82, 2.24) is 14.9 Å². The second-order valence-corrected chi connectivity index (χ2v) is 5.91. The molecule has 1 aromatic heterocycles. The van der Waals surface area contributed by atoms with E-state index in [1.807, 2.05) is 11.9 Å². The lowest BCUT2D eigenvalue weighted by atomic mass is 9.91. The fourth-order valence-electron chi connectivity index (χ4n) is 2.99. The lowest BCUT2D eigenvalue weighted by Gasteiger charge is -2.14. The molecule has 5 nitrogen and oxygen atoms in total. The minimum Gasteiger partial charge on any atom is -0.481 e. The van der Waals surface area contributed by atoms with E-state index in [0.29, 0.717) is 13.1 Å². The molecule has 0 atom stereocenters. The van der Waals surface area contributed by atoms with Crippen LogP contribution in [0.1, 0.15) is 36.2 Å². The Labute approximate surface area is 124 Å². The van der Waals surface area contributed by atoms with Gasteiger partial charge in [0.2, 0.25) is 0 Å². The van der Waals surface area contributed by atoms with Crippen molar-refractivity contribution < 1.29 is 9.90 Å². The number of H-pyrrole nitrogens is 1. The summed E-state index contributed by atoms with van der Waals surface area (Å²) >= 11 is 0. The number of fused-ring (bicyclic) bond motifs is 2. The van der Waals surface area contributed by atoms with Crippen LogP contribution in [0.2, 0.25) is 0 Å². The molecule has 0 radical (unpaired) electrons. The molecule has 0 fully saturated rings. The highest BCUT2D eigenvalue weighted by atomic mass is 16.4. The van der Waals surface area contributed by atoms with Crippen LogP contribution in [0.15, 0.2) is 12.1 Å². The smallest absolute Gasteiger partial charge is 0.304 e. The molecule has 0 saturated heterocycles. The van der Waals surface area contributed by atoms with Crippen molar-refractivity contribution >= 4 is 17.0 Å². The Bertz CT molecular complexity index is 620. The Kier molecular flexibility index (Phi) is 3.92. The zero-order chi connectivity index (χ0) is 14.8. The maximum atomic E-state index is 10.6. The number of carbonyl (C=O) groups is 1. The number of benzene rings is 1. The molecule has 2 N–H and O–H groups in total. The second-order valence-electron chi connectivity index (χ2n) is 5.91. The quantitative estimate of drug-likeness (QED) is 0.885. The topological polar surface area (TPSA) is 69.2 Å². The first-order chi connectivity index (χ1) is 10.1. The molecule has 21 heavy (non-hydrogen) atoms. The molecule has 0 amide bonds. The number of aromatic amines is 1. The van der Waals surface area contributed by atoms with Gasteiger partial charge < -0.3 is 10.1 Å². The summed E-state index contributed by atoms with van der Waals surface area (Å²) in [5.41, 5.74) is 5.00. The minimum atomic E-state index is -0.765. The summed E-state index contributed by atoms with van der Waals surface area (Å²) in [6.07, 6.45) is 5.03. The number of hydrogen-bond acceptors (Lipinski definition) is 3. The van der Waals surface area contributed by atoms with E-state index in [0.717, 1.165) is 29.7 Å². The third kappa shape index (κ3) is 3.24. The number of aliphatic carboxylic acids is 1. The van der Waals surface area contributed by atoms with Crippen LogP contribution in [0.25, 0.3) is 11.0 Å². The Hall–Kier alpha value is -1.88. The number of aryl methyl sites for hydroxylation is 2. The summed E-state index contributed by atoms with van der Waals surface area (Å²) in [6.45, 7) is 1.18. The van der Waals surface area contributed by atoms with E-state index in [4.69, 9.17) is 5.11 Å². The third-order valence-corrected chi connectivity index (χ3v) is 4.12. The molecule has 1 heterocycles. The fourth-order valence-corrected chi connectivity index (χ4v) is 2.99. The molecule has 5 heteroatoms. The maximum absolute atomic E-state index is 10.6. The molecule has 112 valence electrons. The maximum Gasteiger partial charge on any atom is 0.304 e. The fraction of sp³-hybridized carbons (Fsp3) is 0.500. The van der Waals surface area contributed by atoms with Crippen LogP contribution >= 0.6 is 0 Å². The predicted molar refractivity (Wildman–Crippen MR) is 81.3 cm³/mol. The van der Waals surface area contributed by atoms with Gasteiger partial charge in [0.05, 0.1) is 24.0 Å². The van der Waals surface area contributed by atoms with Crippen molar-refractivity contribution in [3.63, 3.8) is 0 Å². The summed E-state index contributed by atoms with van der Waals surface area (Å²) in [4.78, 5) is 20.6. The van der Waals surface area contributed by atoms with E-state index in [9.17, 15) is 4.79 Å². The van der Waals surface area contributed by atoms with Crippen LogP contribution in [0.3, 0.4) is 0 Å². The van der Waals surface area contributed by atoms with Crippen molar-refractivity contribution in [2.24, 2.45) is 0 Å². The number of carboxylic acids is 1. The zero-order valence-electron chi connectivity index (χ0n) is 12.4. The van der Waals surface area contributed by atoms with Crippen molar-refractivity contribution in [3.8, 4) is 0 Å². The molecule has 0 spiro atoms. The molecule has 0 aliphatic heterocycles. The highest BCUT2D eigenvalue weighted by Crippen LogP contribution is 2.25. The molecule has 0 saturated carbocycles. The molecule has 0 bridgehead atoms. The van der Waals surface area contributed by atoms with Gasteiger partial charge in [0.15, 0.2) is 0 Å². The number of imidazole rings is 1. The van der Waals surface area contributed by atoms with Crippen LogP contribution in [0.5, 0.6) is 0 Å². The lowest BCUT2D eigenvalue weighted by molar-refractivity contribution is -0.137. The van der Waals surface area contributed by atoms with Crippen molar-refractivity contribution in [2.75, 3.05) is 13.6 Å². The first-order valence-electron chi connectivity index (χ1n) is 7.52. The van der Waals surface area contributed by atoms with Crippen LogP contribution in [0, 0.1) is 0 Å². The number of aromatic nitrogens is 2. The standard InChI is InChI=1S/C16H21N3O2/c1-19(7-6-16(20)21)10-15-17-13-8-11-4-2-3-5-12(11)9-14(13)18-15/h8-9H,2-7,10H2,1H3,(H,17,18)(H,20,21). The van der Waals surface area contributed by atoms with Gasteiger partial charge in [0.25, 0.3) is 0 Å². The Balaban J connectivity index is 1.76. The minimum absolute atomic E-state index is 0.158. The highest BCUT2D eigenvalue weighted by molar-refractivity contribution is 5.77. The molecule has 2 aromatic rings. The third-order valence-electron chi connectivity index (χ3n) is 4.12. The van der Waals surface area contributed by atoms with Gasteiger partial charge in [0, 0.05) is 6.54 Å². The van der Waals surface area contributed by atoms with Crippen LogP contribution in [-0.4, -0.2) is 39.5 Å². The summed E-state index contributed by atoms with van der Waals surface area (Å²) in [6, 6.07) is 4.44. The van der Waals surface area contributed by atoms with Crippen LogP contribution in [0.4, 0.5) is 0 Å². The second kappa shape index (κ2) is 5.85. The number of nitrogens with one attached hydrogen (secondary N) is 1. The number of carboxylic acid groups (broad SMARTS) is 1. The Morgan fingerprint density at radius 1 is 1.33 bits per heavy atom. The van der Waals surface area contributed by atoms with E-state index in [1.54, 1.807) is 0 Å². The van der Waals surface area contributed by atoms with Crippen molar-refractivity contribution in [2.45, 2.75) is 38.6 Å². The van der Waals surface area contributed by atoms with Gasteiger partial charge in [-0.15, -0.1) is 0 Å². The van der Waals surface area contributed by atoms with Crippen molar-refractivity contribution in [3.05, 3.63) is 29.1 Å². The Morgan fingerprint density at radius 2 is 2.05 bits per heavy atom. The summed E-state index contributed by atoms with van der Waals surface area (Å²) in [5.74, 6) is 0.138. The van der Waals surface area contributed by atoms with Crippen molar-refractivity contribution in [1.29, 1.82) is 0 Å². The van der Waals surface area contributed by atoms with Gasteiger partial charge in [-0.3, -0.25) is 9.69 Å². The average Bonchev–Trinajstić information content (AvgIpc) is 2.83. The molecular formula is C16H21N3O2. The van der Waals surface area contributed by atoms with Gasteiger partial charge >= 0.3 is 5.97 Å². The number of nitrogens with zero attached hydrogens (tertiary/aromatic N) is 2. The van der Waals surface area contributed by atoms with Crippen LogP contribution < -0.4 is 0 Å². The monoisotopic (exact) mass is 287 g/mol. The van der Waals surface area contributed by atoms with E-state index < -0.39 is 5.97 Å². The first-order valence-corrected chi connectivity index (χ1v) is 7.52. The van der Waals surface area contributed by atoms with E-state index in [1.165, 1.54) is 24.0 Å². The molecule has 0 unspecified atom stereocenters. The van der Waals surface area contributed by atoms with Gasteiger partial charge in [-0.05, 0) is 56.0 Å². The zero-order valence-corrected chi connectivity index (χ0v) is 12.4. The van der Waals surface area contributed by atoms with E-state index >= 15 is 0 Å². The highest BCUT2D eigenvalue weighted by Gasteiger charge is 2.13. The molecule has 1 aliphatic rings. The summed E-state index contributed by atoms with van der Waals surface area (Å²) in [5, 5.41) is 8.71. The molecule has 1 aromatic carbocycles. The van der Waals surface area contributed by atoms with Gasteiger partial charge in [-0.25, -0.2) is 4.98 Å². The normalized spacial score (nSPS) is 14.6. The predicted octanol–water partition coefficient (Wildman–Crippen LogP) is 2.35. The molecular weight excluding hydrogens is 266 g/mol. The van der Waals surface area contributed by atoms with Gasteiger partial charge in [-0.2, -0.15) is 0 Å². The molecule has 1 aliphatic carbocycles. The number of hydrogen-bond donors (Lipinski definition) is 2. The van der Waals surface area contributed by atoms with Crippen LogP contribution in [-0.2, 0) is 24.2 Å². The first kappa shape index (κ1) is 14.1. The largest absolute Gasteiger partial charge is 0.481 e. The lowest BCUT2D eigenvalue weighted by Crippen LogP contribution is -2.21.